The van der Waals surface area contributed by atoms with Crippen LogP contribution in [0.4, 0.5) is 0 Å². The van der Waals surface area contributed by atoms with Crippen LogP contribution in [0.5, 0.6) is 5.75 Å². The van der Waals surface area contributed by atoms with Crippen molar-refractivity contribution in [3.8, 4) is 5.75 Å². The first-order valence-electron chi connectivity index (χ1n) is 13.4. The van der Waals surface area contributed by atoms with Gasteiger partial charge in [0.15, 0.2) is 24.4 Å². The molecule has 0 spiro atoms. The van der Waals surface area contributed by atoms with Gasteiger partial charge in [-0.2, -0.15) is 0 Å². The van der Waals surface area contributed by atoms with Crippen LogP contribution >= 0.6 is 0 Å². The summed E-state index contributed by atoms with van der Waals surface area (Å²) in [5.74, 6) is -5.73. The molecule has 0 radical (unpaired) electrons. The molecule has 5 unspecified atom stereocenters. The average molecular weight is 618 g/mol. The first-order valence-corrected chi connectivity index (χ1v) is 13.4. The van der Waals surface area contributed by atoms with Crippen LogP contribution in [0.15, 0.2) is 41.4 Å². The summed E-state index contributed by atoms with van der Waals surface area (Å²) < 4.78 is 31.9. The highest BCUT2D eigenvalue weighted by atomic mass is 16.6. The maximum Gasteiger partial charge on any atom is 0.325 e. The molecule has 2 rings (SSSR count). The zero-order valence-corrected chi connectivity index (χ0v) is 25.1. The number of esters is 5. The fourth-order valence-electron chi connectivity index (χ4n) is 4.14. The van der Waals surface area contributed by atoms with E-state index in [0.717, 1.165) is 44.7 Å². The molecule has 5 atom stereocenters. The SMILES string of the molecule is COc1ccc2cc(C(C)C(=O)OCC(OC(C)=O)C(OC(C)=O)C(OC(C)=O)C(C=NCC(=O)O)OC(C)=O)ccc2c1. The van der Waals surface area contributed by atoms with Crippen molar-refractivity contribution in [2.45, 2.75) is 65.0 Å². The second kappa shape index (κ2) is 16.6. The van der Waals surface area contributed by atoms with Gasteiger partial charge < -0.3 is 33.5 Å². The summed E-state index contributed by atoms with van der Waals surface area (Å²) in [7, 11) is 1.56. The Morgan fingerprint density at radius 3 is 1.93 bits per heavy atom. The Hall–Kier alpha value is -5.01. The first-order chi connectivity index (χ1) is 20.7. The number of benzene rings is 2. The molecule has 0 amide bonds. The Balaban J connectivity index is 2.41. The number of carbonyl (C=O) groups excluding carboxylic acids is 5. The van der Waals surface area contributed by atoms with Gasteiger partial charge in [0.2, 0.25) is 0 Å². The molecule has 0 fully saturated rings. The van der Waals surface area contributed by atoms with Crippen LogP contribution in [-0.2, 0) is 52.5 Å². The molecule has 0 bridgehead atoms. The summed E-state index contributed by atoms with van der Waals surface area (Å²) in [5.41, 5.74) is 0.621. The number of carboxylic acid groups (broad SMARTS) is 1. The van der Waals surface area contributed by atoms with Crippen LogP contribution in [0.25, 0.3) is 10.8 Å². The lowest BCUT2D eigenvalue weighted by Crippen LogP contribution is -2.53. The zero-order valence-electron chi connectivity index (χ0n) is 25.1. The van der Waals surface area contributed by atoms with Gasteiger partial charge in [-0.1, -0.05) is 24.3 Å². The largest absolute Gasteiger partial charge is 0.497 e. The Morgan fingerprint density at radius 1 is 0.795 bits per heavy atom. The van der Waals surface area contributed by atoms with E-state index in [4.69, 9.17) is 33.5 Å². The van der Waals surface area contributed by atoms with Gasteiger partial charge in [0.1, 0.15) is 18.9 Å². The van der Waals surface area contributed by atoms with Crippen molar-refractivity contribution in [1.29, 1.82) is 0 Å². The van der Waals surface area contributed by atoms with Crippen LogP contribution in [0.3, 0.4) is 0 Å². The molecule has 0 heterocycles. The third kappa shape index (κ3) is 11.0. The molecular formula is C30H35NO13. The molecule has 0 saturated heterocycles. The molecule has 2 aromatic rings. The number of ether oxygens (including phenoxy) is 6. The summed E-state index contributed by atoms with van der Waals surface area (Å²) in [6.07, 6.45) is -5.67. The molecule has 0 aliphatic carbocycles. The normalized spacial score (nSPS) is 14.4. The summed E-state index contributed by atoms with van der Waals surface area (Å²) >= 11 is 0. The van der Waals surface area contributed by atoms with E-state index in [9.17, 15) is 28.8 Å². The quantitative estimate of drug-likeness (QED) is 0.174. The fraction of sp³-hybridized carbons (Fsp3) is 0.433. The monoisotopic (exact) mass is 617 g/mol. The van der Waals surface area contributed by atoms with Crippen molar-refractivity contribution in [3.63, 3.8) is 0 Å². The zero-order chi connectivity index (χ0) is 33.0. The number of fused-ring (bicyclic) bond motifs is 1. The maximum atomic E-state index is 13.1. The standard InChI is InChI=1S/C30H35NO13/c1-16(21-7-8-23-12-24(39-6)10-9-22(23)11-21)30(38)40-15-26(42-18(3)33)29(44-20(5)35)28(43-19(4)34)25(41-17(2)32)13-31-14-27(36)37/h7-13,16,25-26,28-29H,14-15H2,1-6H3,(H,36,37). The van der Waals surface area contributed by atoms with E-state index in [-0.39, 0.29) is 0 Å². The number of carbonyl (C=O) groups is 6. The Bertz CT molecular complexity index is 1400. The molecule has 14 nitrogen and oxygen atoms in total. The minimum atomic E-state index is -1.70. The molecule has 238 valence electrons. The van der Waals surface area contributed by atoms with Crippen LogP contribution in [0, 0.1) is 0 Å². The third-order valence-corrected chi connectivity index (χ3v) is 6.03. The number of hydrogen-bond donors (Lipinski definition) is 1. The molecular weight excluding hydrogens is 582 g/mol. The summed E-state index contributed by atoms with van der Waals surface area (Å²) in [6.45, 7) is 4.32. The van der Waals surface area contributed by atoms with Gasteiger partial charge >= 0.3 is 35.8 Å². The van der Waals surface area contributed by atoms with Crippen LogP contribution in [0.1, 0.15) is 46.1 Å². The number of aliphatic imine (C=N–C) groups is 1. The smallest absolute Gasteiger partial charge is 0.325 e. The summed E-state index contributed by atoms with van der Waals surface area (Å²) in [5, 5.41) is 10.7. The molecule has 0 aliphatic rings. The highest BCUT2D eigenvalue weighted by Crippen LogP contribution is 2.26. The Labute approximate surface area is 253 Å². The Kier molecular flexibility index (Phi) is 13.3. The van der Waals surface area contributed by atoms with Crippen LogP contribution in [-0.4, -0.2) is 91.8 Å². The molecule has 14 heteroatoms. The lowest BCUT2D eigenvalue weighted by atomic mass is 9.97. The molecule has 2 aromatic carbocycles. The van der Waals surface area contributed by atoms with Crippen molar-refractivity contribution < 1.29 is 62.3 Å². The second-order valence-electron chi connectivity index (χ2n) is 9.58. The van der Waals surface area contributed by atoms with Gasteiger partial charge in [0.05, 0.1) is 13.0 Å². The number of methoxy groups -OCH3 is 1. The van der Waals surface area contributed by atoms with Gasteiger partial charge in [-0.15, -0.1) is 0 Å². The topological polar surface area (TPSA) is 190 Å². The minimum Gasteiger partial charge on any atom is -0.497 e. The summed E-state index contributed by atoms with van der Waals surface area (Å²) in [4.78, 5) is 75.9. The second-order valence-corrected chi connectivity index (χ2v) is 9.58. The van der Waals surface area contributed by atoms with Crippen molar-refractivity contribution in [1.82, 2.24) is 0 Å². The van der Waals surface area contributed by atoms with E-state index in [1.54, 1.807) is 26.2 Å². The molecule has 0 saturated carbocycles. The molecule has 0 aromatic heterocycles. The van der Waals surface area contributed by atoms with Gasteiger partial charge in [-0.05, 0) is 35.4 Å². The predicted molar refractivity (Wildman–Crippen MR) is 153 cm³/mol. The number of hydrogen-bond acceptors (Lipinski definition) is 13. The summed E-state index contributed by atoms with van der Waals surface area (Å²) in [6, 6.07) is 10.8. The van der Waals surface area contributed by atoms with Crippen molar-refractivity contribution in [2.75, 3.05) is 20.3 Å². The van der Waals surface area contributed by atoms with E-state index in [0.29, 0.717) is 11.3 Å². The van der Waals surface area contributed by atoms with Gasteiger partial charge in [-0.3, -0.25) is 33.8 Å². The number of rotatable bonds is 15. The molecule has 0 aliphatic heterocycles. The van der Waals surface area contributed by atoms with Crippen LogP contribution in [0.2, 0.25) is 0 Å². The average Bonchev–Trinajstić information content (AvgIpc) is 2.94. The van der Waals surface area contributed by atoms with Gasteiger partial charge in [0, 0.05) is 33.9 Å². The van der Waals surface area contributed by atoms with Crippen molar-refractivity contribution >= 4 is 52.8 Å². The van der Waals surface area contributed by atoms with Gasteiger partial charge in [0.25, 0.3) is 0 Å². The van der Waals surface area contributed by atoms with Crippen molar-refractivity contribution in [2.24, 2.45) is 4.99 Å². The number of aliphatic carboxylic acids is 1. The predicted octanol–water partition coefficient (Wildman–Crippen LogP) is 2.38. The maximum absolute atomic E-state index is 13.1. The number of nitrogens with zero attached hydrogens (tertiary/aromatic N) is 1. The lowest BCUT2D eigenvalue weighted by molar-refractivity contribution is -0.198. The van der Waals surface area contributed by atoms with E-state index < -0.39 is 79.3 Å². The molecule has 44 heavy (non-hydrogen) atoms. The lowest BCUT2D eigenvalue weighted by Gasteiger charge is -2.34. The highest BCUT2D eigenvalue weighted by molar-refractivity contribution is 5.87. The minimum absolute atomic E-state index is 0.621. The Morgan fingerprint density at radius 2 is 1.36 bits per heavy atom. The van der Waals surface area contributed by atoms with Gasteiger partial charge in [-0.25, -0.2) is 0 Å². The van der Waals surface area contributed by atoms with E-state index in [2.05, 4.69) is 4.99 Å². The first kappa shape index (κ1) is 35.2. The van der Waals surface area contributed by atoms with E-state index in [1.807, 2.05) is 24.3 Å². The van der Waals surface area contributed by atoms with E-state index in [1.165, 1.54) is 0 Å². The third-order valence-electron chi connectivity index (χ3n) is 6.03. The van der Waals surface area contributed by atoms with Crippen LogP contribution < -0.4 is 4.74 Å². The van der Waals surface area contributed by atoms with Crippen molar-refractivity contribution in [3.05, 3.63) is 42.0 Å². The highest BCUT2D eigenvalue weighted by Gasteiger charge is 2.43. The molecule has 1 N–H and O–H groups in total. The number of carboxylic acids is 1. The van der Waals surface area contributed by atoms with E-state index >= 15 is 0 Å². The fourth-order valence-corrected chi connectivity index (χ4v) is 4.14.